The number of carbonyl (C=O) groups is 2. The molecule has 0 radical (unpaired) electrons. The van der Waals surface area contributed by atoms with Crippen molar-refractivity contribution in [3.8, 4) is 0 Å². The second-order valence-corrected chi connectivity index (χ2v) is 14.5. The van der Waals surface area contributed by atoms with Crippen molar-refractivity contribution in [3.63, 3.8) is 0 Å². The maximum Gasteiger partial charge on any atom is 0.253 e. The first-order chi connectivity index (χ1) is 28.2. The van der Waals surface area contributed by atoms with Crippen molar-refractivity contribution in [1.29, 1.82) is 0 Å². The number of amides is 2. The predicted molar refractivity (Wildman–Crippen MR) is 233 cm³/mol. The quantitative estimate of drug-likeness (QED) is 0.0435. The maximum atomic E-state index is 13.7. The van der Waals surface area contributed by atoms with Crippen LogP contribution in [0.2, 0.25) is 10.0 Å². The Balaban J connectivity index is 1.03. The van der Waals surface area contributed by atoms with E-state index >= 15 is 0 Å². The molecule has 7 aromatic rings. The number of anilines is 4. The molecule has 14 heteroatoms. The topological polar surface area (TPSA) is 166 Å². The van der Waals surface area contributed by atoms with Crippen LogP contribution in [0.5, 0.6) is 0 Å². The smallest absolute Gasteiger partial charge is 0.253 e. The fraction of sp³-hybridized carbons (Fsp3) is 0.182. The Labute approximate surface area is 344 Å². The summed E-state index contributed by atoms with van der Waals surface area (Å²) >= 11 is 12.3. The van der Waals surface area contributed by atoms with Crippen molar-refractivity contribution in [2.24, 2.45) is 0 Å². The second-order valence-electron chi connectivity index (χ2n) is 13.7. The van der Waals surface area contributed by atoms with Crippen LogP contribution in [-0.2, 0) is 22.4 Å². The number of halogens is 2. The van der Waals surface area contributed by atoms with Gasteiger partial charge in [0.2, 0.25) is 11.8 Å². The van der Waals surface area contributed by atoms with Crippen molar-refractivity contribution < 1.29 is 9.59 Å². The van der Waals surface area contributed by atoms with E-state index in [4.69, 9.17) is 23.2 Å². The Morgan fingerprint density at radius 1 is 0.534 bits per heavy atom. The Hall–Kier alpha value is -6.50. The molecule has 0 saturated carbocycles. The summed E-state index contributed by atoms with van der Waals surface area (Å²) in [6, 6.07) is 31.5. The van der Waals surface area contributed by atoms with Crippen molar-refractivity contribution in [1.82, 2.24) is 20.6 Å². The molecule has 12 nitrogen and oxygen atoms in total. The van der Waals surface area contributed by atoms with Crippen LogP contribution in [0, 0.1) is 0 Å². The largest absolute Gasteiger partial charge is 0.383 e. The maximum absolute atomic E-state index is 13.7. The average molecular weight is 816 g/mol. The molecular weight excluding hydrogens is 775 g/mol. The molecule has 2 atom stereocenters. The minimum atomic E-state index is -0.914. The molecular formula is C44H40Cl2N8O4. The predicted octanol–water partition coefficient (Wildman–Crippen LogP) is 6.19. The fourth-order valence-electron chi connectivity index (χ4n) is 6.70. The Bertz CT molecular complexity index is 2440. The van der Waals surface area contributed by atoms with Crippen LogP contribution < -0.4 is 42.8 Å². The highest BCUT2D eigenvalue weighted by Crippen LogP contribution is 2.26. The van der Waals surface area contributed by atoms with Gasteiger partial charge in [-0.05, 0) is 59.7 Å². The SMILES string of the molecule is O=C(NCCNc1ccnc2cc(Cl)ccc12)[C@H](Cc1ccccc1)Nc1c(N[C@@H](Cc2ccccc2)C(=O)NCCNc2ccnc3cc(Cl)ccc23)c(=O)c1=O. The number of pyridine rings is 2. The second kappa shape index (κ2) is 18.6. The van der Waals surface area contributed by atoms with E-state index in [-0.39, 0.29) is 49.1 Å². The van der Waals surface area contributed by atoms with Crippen LogP contribution in [0.15, 0.2) is 131 Å². The van der Waals surface area contributed by atoms with E-state index in [1.165, 1.54) is 0 Å². The minimum Gasteiger partial charge on any atom is -0.383 e. The Morgan fingerprint density at radius 2 is 0.948 bits per heavy atom. The van der Waals surface area contributed by atoms with Crippen LogP contribution in [0.1, 0.15) is 11.1 Å². The molecule has 5 aromatic carbocycles. The van der Waals surface area contributed by atoms with Crippen molar-refractivity contribution in [3.05, 3.63) is 163 Å². The third-order valence-corrected chi connectivity index (χ3v) is 10.1. The van der Waals surface area contributed by atoms with Gasteiger partial charge in [0.15, 0.2) is 0 Å². The lowest BCUT2D eigenvalue weighted by molar-refractivity contribution is -0.122. The van der Waals surface area contributed by atoms with Gasteiger partial charge < -0.3 is 31.9 Å². The zero-order chi connectivity index (χ0) is 40.4. The lowest BCUT2D eigenvalue weighted by Crippen LogP contribution is -2.49. The number of nitrogens with zero attached hydrogens (tertiary/aromatic N) is 2. The number of hydrogen-bond donors (Lipinski definition) is 6. The Kier molecular flexibility index (Phi) is 12.8. The first-order valence-corrected chi connectivity index (χ1v) is 19.5. The minimum absolute atomic E-state index is 0.0432. The van der Waals surface area contributed by atoms with Gasteiger partial charge in [0.25, 0.3) is 10.9 Å². The van der Waals surface area contributed by atoms with Gasteiger partial charge in [-0.25, -0.2) is 0 Å². The summed E-state index contributed by atoms with van der Waals surface area (Å²) in [5, 5.41) is 21.6. The number of rotatable bonds is 18. The zero-order valence-electron chi connectivity index (χ0n) is 31.2. The number of fused-ring (bicyclic) bond motifs is 2. The third-order valence-electron chi connectivity index (χ3n) is 9.63. The van der Waals surface area contributed by atoms with Gasteiger partial charge in [0.05, 0.1) is 11.0 Å². The van der Waals surface area contributed by atoms with E-state index in [0.717, 1.165) is 44.3 Å². The molecule has 6 N–H and O–H groups in total. The van der Waals surface area contributed by atoms with Crippen molar-refractivity contribution in [2.45, 2.75) is 24.9 Å². The van der Waals surface area contributed by atoms with E-state index in [0.29, 0.717) is 23.1 Å². The summed E-state index contributed by atoms with van der Waals surface area (Å²) in [6.07, 6.45) is 3.83. The third kappa shape index (κ3) is 9.71. The summed E-state index contributed by atoms with van der Waals surface area (Å²) in [5.41, 5.74) is 3.24. The standard InChI is InChI=1S/C44H40Cl2N8O4/c45-29-11-13-31-33(15-17-47-35(31)25-29)49-19-21-51-43(57)37(23-27-7-3-1-4-8-27)53-39-40(42(56)41(39)55)54-38(24-28-9-5-2-6-10-28)44(58)52-22-20-50-34-16-18-48-36-26-30(46)12-14-32(34)36/h1-18,25-26,37-38,53-54H,19-24H2,(H,47,49)(H,48,50)(H,51,57)(H,52,58)/t37-,38-/m0/s1. The fourth-order valence-corrected chi connectivity index (χ4v) is 7.03. The number of carbonyl (C=O) groups excluding carboxylic acids is 2. The molecule has 58 heavy (non-hydrogen) atoms. The van der Waals surface area contributed by atoms with Gasteiger partial charge in [-0.1, -0.05) is 83.9 Å². The molecule has 2 aromatic heterocycles. The summed E-state index contributed by atoms with van der Waals surface area (Å²) in [6.45, 7) is 1.33. The first-order valence-electron chi connectivity index (χ1n) is 18.8. The van der Waals surface area contributed by atoms with Crippen LogP contribution >= 0.6 is 23.2 Å². The molecule has 0 fully saturated rings. The molecule has 0 bridgehead atoms. The van der Waals surface area contributed by atoms with Crippen LogP contribution in [-0.4, -0.2) is 60.0 Å². The van der Waals surface area contributed by atoms with E-state index in [1.807, 2.05) is 84.9 Å². The molecule has 0 saturated heterocycles. The van der Waals surface area contributed by atoms with E-state index in [1.54, 1.807) is 36.7 Å². The molecule has 0 unspecified atom stereocenters. The highest BCUT2D eigenvalue weighted by Gasteiger charge is 2.30. The summed E-state index contributed by atoms with van der Waals surface area (Å²) in [7, 11) is 0. The van der Waals surface area contributed by atoms with Gasteiger partial charge in [0, 0.05) is 83.6 Å². The van der Waals surface area contributed by atoms with Gasteiger partial charge in [-0.3, -0.25) is 29.1 Å². The van der Waals surface area contributed by atoms with Gasteiger partial charge in [-0.15, -0.1) is 0 Å². The first kappa shape index (κ1) is 39.7. The van der Waals surface area contributed by atoms with Gasteiger partial charge in [0.1, 0.15) is 23.5 Å². The summed E-state index contributed by atoms with van der Waals surface area (Å²) in [4.78, 5) is 62.5. The number of hydrogen-bond acceptors (Lipinski definition) is 10. The average Bonchev–Trinajstić information content (AvgIpc) is 3.24. The normalized spacial score (nSPS) is 12.2. The van der Waals surface area contributed by atoms with Crippen LogP contribution in [0.3, 0.4) is 0 Å². The monoisotopic (exact) mass is 814 g/mol. The molecule has 0 aliphatic carbocycles. The lowest BCUT2D eigenvalue weighted by atomic mass is 10.0. The van der Waals surface area contributed by atoms with Crippen molar-refractivity contribution >= 4 is 79.6 Å². The highest BCUT2D eigenvalue weighted by atomic mass is 35.5. The van der Waals surface area contributed by atoms with Crippen LogP contribution in [0.25, 0.3) is 21.8 Å². The van der Waals surface area contributed by atoms with E-state index < -0.39 is 22.9 Å². The Morgan fingerprint density at radius 3 is 1.36 bits per heavy atom. The zero-order valence-corrected chi connectivity index (χ0v) is 32.7. The van der Waals surface area contributed by atoms with Crippen LogP contribution in [0.4, 0.5) is 22.7 Å². The number of aromatic nitrogens is 2. The molecule has 294 valence electrons. The number of benzene rings is 4. The molecule has 0 aliphatic heterocycles. The summed E-state index contributed by atoms with van der Waals surface area (Å²) in [5.74, 6) is -0.737. The molecule has 2 amide bonds. The lowest BCUT2D eigenvalue weighted by Gasteiger charge is -2.25. The van der Waals surface area contributed by atoms with E-state index in [9.17, 15) is 19.2 Å². The molecule has 2 heterocycles. The molecule has 0 aliphatic rings. The molecule has 7 rings (SSSR count). The van der Waals surface area contributed by atoms with Gasteiger partial charge in [-0.2, -0.15) is 0 Å². The van der Waals surface area contributed by atoms with Crippen molar-refractivity contribution in [2.75, 3.05) is 47.4 Å². The van der Waals surface area contributed by atoms with E-state index in [2.05, 4.69) is 41.9 Å². The number of nitrogens with one attached hydrogen (secondary N) is 6. The highest BCUT2D eigenvalue weighted by molar-refractivity contribution is 6.31. The van der Waals surface area contributed by atoms with Gasteiger partial charge >= 0.3 is 0 Å². The molecule has 0 spiro atoms. The summed E-state index contributed by atoms with van der Waals surface area (Å²) < 4.78 is 0.